The van der Waals surface area contributed by atoms with E-state index in [1.54, 1.807) is 18.2 Å². The highest BCUT2D eigenvalue weighted by atomic mass is 79.9. The molecule has 4 nitrogen and oxygen atoms in total. The zero-order chi connectivity index (χ0) is 14.0. The Morgan fingerprint density at radius 2 is 2.16 bits per heavy atom. The normalized spacial score (nSPS) is 10.3. The Morgan fingerprint density at radius 3 is 2.74 bits per heavy atom. The van der Waals surface area contributed by atoms with Crippen LogP contribution in [0.4, 0.5) is 5.13 Å². The fourth-order valence-electron chi connectivity index (χ4n) is 1.54. The molecule has 0 saturated heterocycles. The van der Waals surface area contributed by atoms with Crippen LogP contribution in [0, 0.1) is 13.8 Å². The van der Waals surface area contributed by atoms with Crippen molar-refractivity contribution in [3.05, 3.63) is 38.8 Å². The van der Waals surface area contributed by atoms with Gasteiger partial charge in [-0.3, -0.25) is 10.1 Å². The van der Waals surface area contributed by atoms with Crippen molar-refractivity contribution in [2.45, 2.75) is 13.8 Å². The van der Waals surface area contributed by atoms with Crippen LogP contribution in [0.3, 0.4) is 0 Å². The van der Waals surface area contributed by atoms with Gasteiger partial charge < -0.3 is 4.74 Å². The van der Waals surface area contributed by atoms with Gasteiger partial charge in [0, 0.05) is 9.35 Å². The van der Waals surface area contributed by atoms with E-state index in [0.717, 1.165) is 15.0 Å². The number of benzene rings is 1. The number of thiazole rings is 1. The van der Waals surface area contributed by atoms with Crippen molar-refractivity contribution in [2.75, 3.05) is 12.4 Å². The third-order valence-electron chi connectivity index (χ3n) is 2.66. The second-order valence-corrected chi connectivity index (χ2v) is 6.08. The summed E-state index contributed by atoms with van der Waals surface area (Å²) in [6.45, 7) is 3.89. The van der Waals surface area contributed by atoms with Gasteiger partial charge in [-0.05, 0) is 32.0 Å². The van der Waals surface area contributed by atoms with Crippen LogP contribution in [-0.4, -0.2) is 18.0 Å². The molecule has 0 aliphatic rings. The number of ether oxygens (including phenoxy) is 1. The zero-order valence-corrected chi connectivity index (χ0v) is 13.2. The molecule has 1 aromatic heterocycles. The van der Waals surface area contributed by atoms with E-state index in [9.17, 15) is 4.79 Å². The zero-order valence-electron chi connectivity index (χ0n) is 10.8. The summed E-state index contributed by atoms with van der Waals surface area (Å²) < 4.78 is 6.07. The minimum Gasteiger partial charge on any atom is -0.496 e. The molecule has 2 aromatic rings. The largest absolute Gasteiger partial charge is 0.496 e. The molecule has 1 N–H and O–H groups in total. The summed E-state index contributed by atoms with van der Waals surface area (Å²) in [6, 6.07) is 5.27. The molecule has 100 valence electrons. The van der Waals surface area contributed by atoms with Gasteiger partial charge in [-0.2, -0.15) is 0 Å². The summed E-state index contributed by atoms with van der Waals surface area (Å²) in [4.78, 5) is 17.6. The van der Waals surface area contributed by atoms with Crippen LogP contribution in [0.1, 0.15) is 20.9 Å². The van der Waals surface area contributed by atoms with Gasteiger partial charge in [0.05, 0.1) is 18.4 Å². The lowest BCUT2D eigenvalue weighted by Crippen LogP contribution is -2.13. The Bertz CT molecular complexity index is 606. The summed E-state index contributed by atoms with van der Waals surface area (Å²) in [5, 5.41) is 3.39. The first-order valence-electron chi connectivity index (χ1n) is 5.60. The number of halogens is 1. The van der Waals surface area contributed by atoms with Crippen molar-refractivity contribution >= 4 is 38.3 Å². The van der Waals surface area contributed by atoms with E-state index in [-0.39, 0.29) is 5.91 Å². The predicted molar refractivity (Wildman–Crippen MR) is 80.2 cm³/mol. The molecular formula is C13H13BrN2O2S. The Hall–Kier alpha value is -1.40. The highest BCUT2D eigenvalue weighted by molar-refractivity contribution is 9.10. The summed E-state index contributed by atoms with van der Waals surface area (Å²) >= 11 is 4.80. The third kappa shape index (κ3) is 3.13. The average Bonchev–Trinajstić information content (AvgIpc) is 2.67. The minimum atomic E-state index is -0.224. The van der Waals surface area contributed by atoms with Gasteiger partial charge in [0.2, 0.25) is 0 Å². The molecule has 0 spiro atoms. The number of amides is 1. The molecule has 6 heteroatoms. The minimum absolute atomic E-state index is 0.224. The first kappa shape index (κ1) is 14.0. The maximum absolute atomic E-state index is 12.2. The van der Waals surface area contributed by atoms with Gasteiger partial charge in [0.1, 0.15) is 5.75 Å². The molecule has 0 fully saturated rings. The molecule has 0 aliphatic carbocycles. The lowest BCUT2D eigenvalue weighted by molar-refractivity contribution is 0.102. The SMILES string of the molecule is COc1cc(Br)ccc1C(=O)Nc1nc(C)c(C)s1. The Labute approximate surface area is 124 Å². The second kappa shape index (κ2) is 5.71. The van der Waals surface area contributed by atoms with E-state index >= 15 is 0 Å². The van der Waals surface area contributed by atoms with Gasteiger partial charge in [-0.1, -0.05) is 15.9 Å². The standard InChI is InChI=1S/C13H13BrN2O2S/c1-7-8(2)19-13(15-7)16-12(17)10-5-4-9(14)6-11(10)18-3/h4-6H,1-3H3,(H,15,16,17). The smallest absolute Gasteiger partial charge is 0.261 e. The maximum atomic E-state index is 12.2. The van der Waals surface area contributed by atoms with Gasteiger partial charge >= 0.3 is 0 Å². The summed E-state index contributed by atoms with van der Waals surface area (Å²) in [5.74, 6) is 0.301. The van der Waals surface area contributed by atoms with E-state index in [4.69, 9.17) is 4.74 Å². The summed E-state index contributed by atoms with van der Waals surface area (Å²) in [7, 11) is 1.54. The number of carbonyl (C=O) groups excluding carboxylic acids is 1. The molecule has 0 unspecified atom stereocenters. The van der Waals surface area contributed by atoms with Gasteiger partial charge in [0.15, 0.2) is 5.13 Å². The number of hydrogen-bond acceptors (Lipinski definition) is 4. The fourth-order valence-corrected chi connectivity index (χ4v) is 2.69. The molecule has 0 atom stereocenters. The summed E-state index contributed by atoms with van der Waals surface area (Å²) in [5.41, 5.74) is 1.42. The van der Waals surface area contributed by atoms with Crippen molar-refractivity contribution in [1.82, 2.24) is 4.98 Å². The van der Waals surface area contributed by atoms with E-state index in [0.29, 0.717) is 16.4 Å². The van der Waals surface area contributed by atoms with Crippen LogP contribution in [-0.2, 0) is 0 Å². The molecule has 2 rings (SSSR count). The number of aryl methyl sites for hydroxylation is 2. The molecule has 0 saturated carbocycles. The molecule has 19 heavy (non-hydrogen) atoms. The Kier molecular flexibility index (Phi) is 4.21. The molecule has 1 amide bonds. The molecule has 0 bridgehead atoms. The second-order valence-electron chi connectivity index (χ2n) is 3.96. The van der Waals surface area contributed by atoms with Crippen LogP contribution < -0.4 is 10.1 Å². The van der Waals surface area contributed by atoms with Crippen LogP contribution in [0.5, 0.6) is 5.75 Å². The number of anilines is 1. The first-order valence-corrected chi connectivity index (χ1v) is 7.21. The lowest BCUT2D eigenvalue weighted by Gasteiger charge is -2.08. The molecular weight excluding hydrogens is 328 g/mol. The van der Waals surface area contributed by atoms with Crippen LogP contribution >= 0.6 is 27.3 Å². The Morgan fingerprint density at radius 1 is 1.42 bits per heavy atom. The monoisotopic (exact) mass is 340 g/mol. The van der Waals surface area contributed by atoms with Crippen LogP contribution in [0.15, 0.2) is 22.7 Å². The van der Waals surface area contributed by atoms with Crippen molar-refractivity contribution in [2.24, 2.45) is 0 Å². The molecule has 1 heterocycles. The van der Waals surface area contributed by atoms with Crippen LogP contribution in [0.2, 0.25) is 0 Å². The number of hydrogen-bond donors (Lipinski definition) is 1. The molecule has 0 aliphatic heterocycles. The highest BCUT2D eigenvalue weighted by Gasteiger charge is 2.14. The van der Waals surface area contributed by atoms with Crippen molar-refractivity contribution < 1.29 is 9.53 Å². The third-order valence-corrected chi connectivity index (χ3v) is 4.14. The van der Waals surface area contributed by atoms with Crippen molar-refractivity contribution in [3.63, 3.8) is 0 Å². The Balaban J connectivity index is 2.24. The topological polar surface area (TPSA) is 51.2 Å². The highest BCUT2D eigenvalue weighted by Crippen LogP contribution is 2.26. The molecule has 1 aromatic carbocycles. The van der Waals surface area contributed by atoms with Gasteiger partial charge in [-0.25, -0.2) is 4.98 Å². The van der Waals surface area contributed by atoms with E-state index < -0.39 is 0 Å². The summed E-state index contributed by atoms with van der Waals surface area (Å²) in [6.07, 6.45) is 0. The van der Waals surface area contributed by atoms with Gasteiger partial charge in [-0.15, -0.1) is 11.3 Å². The van der Waals surface area contributed by atoms with E-state index in [2.05, 4.69) is 26.2 Å². The van der Waals surface area contributed by atoms with E-state index in [1.807, 2.05) is 13.8 Å². The van der Waals surface area contributed by atoms with Crippen molar-refractivity contribution in [3.8, 4) is 5.75 Å². The first-order chi connectivity index (χ1) is 9.01. The van der Waals surface area contributed by atoms with E-state index in [1.165, 1.54) is 18.4 Å². The van der Waals surface area contributed by atoms with Crippen molar-refractivity contribution in [1.29, 1.82) is 0 Å². The van der Waals surface area contributed by atoms with Crippen LogP contribution in [0.25, 0.3) is 0 Å². The number of nitrogens with zero attached hydrogens (tertiary/aromatic N) is 1. The molecule has 0 radical (unpaired) electrons. The lowest BCUT2D eigenvalue weighted by atomic mass is 10.2. The quantitative estimate of drug-likeness (QED) is 0.924. The average molecular weight is 341 g/mol. The number of nitrogens with one attached hydrogen (secondary N) is 1. The number of rotatable bonds is 3. The predicted octanol–water partition coefficient (Wildman–Crippen LogP) is 3.78. The number of carbonyl (C=O) groups is 1. The van der Waals surface area contributed by atoms with Gasteiger partial charge in [0.25, 0.3) is 5.91 Å². The fraction of sp³-hybridized carbons (Fsp3) is 0.231. The maximum Gasteiger partial charge on any atom is 0.261 e. The number of aromatic nitrogens is 1. The number of methoxy groups -OCH3 is 1.